The number of hydrogen-bond donors (Lipinski definition) is 3. The van der Waals surface area contributed by atoms with Crippen LogP contribution in [0.15, 0.2) is 0 Å². The van der Waals surface area contributed by atoms with Crippen molar-refractivity contribution in [2.24, 2.45) is 0 Å². The van der Waals surface area contributed by atoms with E-state index >= 15 is 0 Å². The highest BCUT2D eigenvalue weighted by molar-refractivity contribution is 5.83. The molecule has 0 amide bonds. The number of hydrogen-bond acceptors (Lipinski definition) is 7. The van der Waals surface area contributed by atoms with Gasteiger partial charge in [-0.2, -0.15) is 0 Å². The highest BCUT2D eigenvalue weighted by atomic mass is 16.5. The fraction of sp³-hybridized carbons (Fsp3) is 0.571. The Balaban J connectivity index is 2.08. The monoisotopic (exact) mass is 397 g/mol. The first-order valence-electron chi connectivity index (χ1n) is 10.1. The zero-order valence-corrected chi connectivity index (χ0v) is 16.9. The molecule has 0 spiro atoms. The van der Waals surface area contributed by atoms with E-state index in [0.717, 1.165) is 38.5 Å². The highest BCUT2D eigenvalue weighted by Gasteiger charge is 2.38. The van der Waals surface area contributed by atoms with Crippen LogP contribution < -0.4 is 5.73 Å². The Kier molecular flexibility index (Phi) is 7.05. The van der Waals surface area contributed by atoms with Crippen molar-refractivity contribution in [1.82, 2.24) is 19.5 Å². The third kappa shape index (κ3) is 4.68. The first-order chi connectivity index (χ1) is 14.1. The molecule has 1 aliphatic heterocycles. The van der Waals surface area contributed by atoms with Gasteiger partial charge in [-0.15, -0.1) is 0 Å². The van der Waals surface area contributed by atoms with Gasteiger partial charge in [0.25, 0.3) is 0 Å². The van der Waals surface area contributed by atoms with Gasteiger partial charge in [0.2, 0.25) is 5.82 Å². The molecule has 29 heavy (non-hydrogen) atoms. The molecule has 0 radical (unpaired) electrons. The zero-order chi connectivity index (χ0) is 20.8. The summed E-state index contributed by atoms with van der Waals surface area (Å²) in [4.78, 5) is 13.2. The van der Waals surface area contributed by atoms with Crippen LogP contribution >= 0.6 is 0 Å². The summed E-state index contributed by atoms with van der Waals surface area (Å²) in [6.07, 6.45) is 2.58. The molecule has 1 fully saturated rings. The molecule has 0 aliphatic carbocycles. The van der Waals surface area contributed by atoms with Crippen LogP contribution in [0.25, 0.3) is 11.2 Å². The Hall–Kier alpha value is -2.65. The summed E-state index contributed by atoms with van der Waals surface area (Å²) in [5, 5.41) is 20.3. The topological polar surface area (TPSA) is 119 Å². The quantitative estimate of drug-likeness (QED) is 0.519. The first kappa shape index (κ1) is 21.1. The third-order valence-corrected chi connectivity index (χ3v) is 4.66. The lowest BCUT2D eigenvalue weighted by Gasteiger charge is -2.17. The molecule has 3 rings (SSSR count). The number of unbranched alkanes of at least 4 members (excludes halogenated alkanes) is 4. The molecule has 0 saturated carbocycles. The largest absolute Gasteiger partial charge is 0.388 e. The van der Waals surface area contributed by atoms with Crippen molar-refractivity contribution in [3.63, 3.8) is 0 Å². The number of fused-ring (bicyclic) bond motifs is 1. The molecule has 3 heterocycles. The van der Waals surface area contributed by atoms with E-state index in [1.807, 2.05) is 0 Å². The number of nitrogens with two attached hydrogens (primary N) is 1. The van der Waals surface area contributed by atoms with Crippen LogP contribution in [-0.4, -0.2) is 48.5 Å². The van der Waals surface area contributed by atoms with Crippen molar-refractivity contribution < 1.29 is 14.9 Å². The Morgan fingerprint density at radius 3 is 2.38 bits per heavy atom. The van der Waals surface area contributed by atoms with Gasteiger partial charge < -0.3 is 20.7 Å². The number of anilines is 1. The van der Waals surface area contributed by atoms with E-state index in [1.54, 1.807) is 4.57 Å². The van der Waals surface area contributed by atoms with Gasteiger partial charge in [-0.3, -0.25) is 4.57 Å². The maximum Gasteiger partial charge on any atom is 0.208 e. The molecule has 0 bridgehead atoms. The van der Waals surface area contributed by atoms with Crippen molar-refractivity contribution >= 4 is 17.0 Å². The smallest absolute Gasteiger partial charge is 0.208 e. The molecule has 1 aliphatic rings. The SMILES string of the molecule is CCCCC#Cc1nc(N)c2nc(C#CCCCC)n([C@@H]3OC[C@@H](O)[C@H]3O)c2n1. The van der Waals surface area contributed by atoms with E-state index in [1.165, 1.54) is 0 Å². The van der Waals surface area contributed by atoms with Gasteiger partial charge in [0.1, 0.15) is 12.2 Å². The average Bonchev–Trinajstić information content (AvgIpc) is 3.23. The minimum Gasteiger partial charge on any atom is -0.388 e. The molecular formula is C21H27N5O3. The van der Waals surface area contributed by atoms with Gasteiger partial charge in [0.05, 0.1) is 6.61 Å². The molecule has 0 unspecified atom stereocenters. The lowest BCUT2D eigenvalue weighted by molar-refractivity contribution is -0.0167. The summed E-state index contributed by atoms with van der Waals surface area (Å²) in [7, 11) is 0. The van der Waals surface area contributed by atoms with Crippen molar-refractivity contribution in [3.8, 4) is 23.7 Å². The average molecular weight is 397 g/mol. The second kappa shape index (κ2) is 9.71. The van der Waals surface area contributed by atoms with Gasteiger partial charge in [-0.1, -0.05) is 38.5 Å². The van der Waals surface area contributed by atoms with Gasteiger partial charge in [0, 0.05) is 12.8 Å². The van der Waals surface area contributed by atoms with Crippen molar-refractivity contribution in [1.29, 1.82) is 0 Å². The Labute approximate surface area is 170 Å². The van der Waals surface area contributed by atoms with E-state index in [0.29, 0.717) is 17.0 Å². The summed E-state index contributed by atoms with van der Waals surface area (Å²) in [5.41, 5.74) is 6.87. The maximum atomic E-state index is 10.4. The standard InChI is InChI=1S/C21H27N5O3/c1-3-5-7-9-11-15-23-19(22)17-20(24-15)26(21-18(28)14(27)13-29-21)16(25-17)12-10-8-6-4-2/h14,18,21,27-28H,3-8,13H2,1-2H3,(H2,22,23,24)/t14-,18-,21-/m1/s1. The van der Waals surface area contributed by atoms with E-state index in [4.69, 9.17) is 10.5 Å². The molecule has 8 nitrogen and oxygen atoms in total. The lowest BCUT2D eigenvalue weighted by Crippen LogP contribution is -2.29. The van der Waals surface area contributed by atoms with Crippen LogP contribution in [0.2, 0.25) is 0 Å². The number of aliphatic hydroxyl groups is 2. The lowest BCUT2D eigenvalue weighted by atomic mass is 10.2. The van der Waals surface area contributed by atoms with Crippen LogP contribution in [0.5, 0.6) is 0 Å². The molecule has 2 aromatic rings. The number of nitrogen functional groups attached to an aromatic ring is 1. The van der Waals surface area contributed by atoms with Crippen LogP contribution in [0.4, 0.5) is 5.82 Å². The fourth-order valence-electron chi connectivity index (χ4n) is 3.01. The Morgan fingerprint density at radius 2 is 1.76 bits per heavy atom. The van der Waals surface area contributed by atoms with Crippen molar-refractivity contribution in [3.05, 3.63) is 11.6 Å². The van der Waals surface area contributed by atoms with E-state index in [-0.39, 0.29) is 18.2 Å². The number of aliphatic hydroxyl groups excluding tert-OH is 2. The Bertz CT molecular complexity index is 979. The van der Waals surface area contributed by atoms with Gasteiger partial charge in [0.15, 0.2) is 29.0 Å². The second-order valence-corrected chi connectivity index (χ2v) is 7.00. The normalized spacial score (nSPS) is 20.9. The summed E-state index contributed by atoms with van der Waals surface area (Å²) in [6.45, 7) is 4.21. The summed E-state index contributed by atoms with van der Waals surface area (Å²) in [6, 6.07) is 0. The number of nitrogens with zero attached hydrogens (tertiary/aromatic N) is 4. The number of imidazole rings is 1. The minimum absolute atomic E-state index is 0.0124. The second-order valence-electron chi connectivity index (χ2n) is 7.00. The Morgan fingerprint density at radius 1 is 1.07 bits per heavy atom. The number of aromatic nitrogens is 4. The molecular weight excluding hydrogens is 370 g/mol. The van der Waals surface area contributed by atoms with Gasteiger partial charge in [-0.05, 0) is 24.7 Å². The molecule has 1 saturated heterocycles. The van der Waals surface area contributed by atoms with Gasteiger partial charge in [-0.25, -0.2) is 15.0 Å². The molecule has 3 atom stereocenters. The van der Waals surface area contributed by atoms with Crippen LogP contribution in [-0.2, 0) is 4.74 Å². The fourth-order valence-corrected chi connectivity index (χ4v) is 3.01. The maximum absolute atomic E-state index is 10.4. The number of ether oxygens (including phenoxy) is 1. The predicted octanol–water partition coefficient (Wildman–Crippen LogP) is 1.74. The van der Waals surface area contributed by atoms with E-state index in [2.05, 4.69) is 52.5 Å². The summed E-state index contributed by atoms with van der Waals surface area (Å²) >= 11 is 0. The van der Waals surface area contributed by atoms with E-state index < -0.39 is 18.4 Å². The molecule has 154 valence electrons. The molecule has 0 aromatic carbocycles. The van der Waals surface area contributed by atoms with Crippen LogP contribution in [0.1, 0.15) is 70.2 Å². The van der Waals surface area contributed by atoms with Crippen LogP contribution in [0.3, 0.4) is 0 Å². The number of rotatable bonds is 5. The minimum atomic E-state index is -1.13. The van der Waals surface area contributed by atoms with Crippen LogP contribution in [0, 0.1) is 23.7 Å². The van der Waals surface area contributed by atoms with Crippen molar-refractivity contribution in [2.75, 3.05) is 12.3 Å². The summed E-state index contributed by atoms with van der Waals surface area (Å²) < 4.78 is 7.20. The summed E-state index contributed by atoms with van der Waals surface area (Å²) in [5.74, 6) is 12.9. The van der Waals surface area contributed by atoms with Crippen molar-refractivity contribution in [2.45, 2.75) is 70.8 Å². The van der Waals surface area contributed by atoms with Gasteiger partial charge >= 0.3 is 0 Å². The first-order valence-corrected chi connectivity index (χ1v) is 10.1. The molecule has 8 heteroatoms. The molecule has 2 aromatic heterocycles. The van der Waals surface area contributed by atoms with E-state index in [9.17, 15) is 10.2 Å². The molecule has 4 N–H and O–H groups in total. The predicted molar refractivity (Wildman–Crippen MR) is 110 cm³/mol. The third-order valence-electron chi connectivity index (χ3n) is 4.66. The highest BCUT2D eigenvalue weighted by Crippen LogP contribution is 2.30. The zero-order valence-electron chi connectivity index (χ0n) is 16.9.